The Kier molecular flexibility index (Phi) is 5.31. The highest BCUT2D eigenvalue weighted by Gasteiger charge is 2.29. The van der Waals surface area contributed by atoms with Crippen molar-refractivity contribution in [3.8, 4) is 5.75 Å². The van der Waals surface area contributed by atoms with Crippen LogP contribution in [0.2, 0.25) is 5.02 Å². The number of hydrogen-bond acceptors (Lipinski definition) is 4. The van der Waals surface area contributed by atoms with E-state index in [1.807, 2.05) is 29.2 Å². The van der Waals surface area contributed by atoms with Crippen LogP contribution in [0.4, 0.5) is 5.69 Å². The number of rotatable bonds is 3. The molecule has 2 aliphatic heterocycles. The third-order valence-electron chi connectivity index (χ3n) is 5.62. The predicted molar refractivity (Wildman–Crippen MR) is 110 cm³/mol. The number of pyridine rings is 1. The fourth-order valence-corrected chi connectivity index (χ4v) is 4.23. The number of anilines is 1. The maximum absolute atomic E-state index is 13.3. The van der Waals surface area contributed by atoms with Gasteiger partial charge in [-0.3, -0.25) is 9.59 Å². The van der Waals surface area contributed by atoms with E-state index < -0.39 is 0 Å². The molecule has 4 rings (SSSR count). The van der Waals surface area contributed by atoms with Gasteiger partial charge in [0.1, 0.15) is 11.3 Å². The van der Waals surface area contributed by atoms with Crippen LogP contribution in [0.25, 0.3) is 0 Å². The number of benzene rings is 1. The Morgan fingerprint density at radius 2 is 1.75 bits per heavy atom. The lowest BCUT2D eigenvalue weighted by Crippen LogP contribution is -2.49. The molecule has 2 aliphatic rings. The van der Waals surface area contributed by atoms with Crippen LogP contribution in [0.5, 0.6) is 5.75 Å². The Morgan fingerprint density at radius 3 is 2.43 bits per heavy atom. The average molecular weight is 402 g/mol. The molecule has 0 unspecified atom stereocenters. The Bertz CT molecular complexity index is 931. The zero-order valence-electron chi connectivity index (χ0n) is 16.0. The molecule has 1 saturated heterocycles. The Morgan fingerprint density at radius 1 is 1.04 bits per heavy atom. The van der Waals surface area contributed by atoms with Crippen LogP contribution in [-0.2, 0) is 13.0 Å². The first-order chi connectivity index (χ1) is 13.6. The molecular formula is C21H24ClN3O3. The minimum Gasteiger partial charge on any atom is -0.496 e. The number of methoxy groups -OCH3 is 1. The molecule has 6 nitrogen and oxygen atoms in total. The predicted octanol–water partition coefficient (Wildman–Crippen LogP) is 2.81. The lowest BCUT2D eigenvalue weighted by molar-refractivity contribution is 0.0740. The first-order valence-electron chi connectivity index (χ1n) is 9.69. The van der Waals surface area contributed by atoms with Crippen molar-refractivity contribution in [2.24, 2.45) is 0 Å². The first-order valence-corrected chi connectivity index (χ1v) is 10.1. The van der Waals surface area contributed by atoms with Crippen molar-refractivity contribution in [3.63, 3.8) is 0 Å². The zero-order chi connectivity index (χ0) is 19.7. The molecule has 0 spiro atoms. The van der Waals surface area contributed by atoms with Crippen LogP contribution in [-0.4, -0.2) is 48.7 Å². The standard InChI is InChI=1S/C21H24ClN3O3/c1-28-18-14-19(26)25-9-3-2-4-17(25)20(18)21(27)24-12-10-23(11-13-24)16-7-5-15(22)6-8-16/h5-8,14H,2-4,9-13H2,1H3. The molecule has 0 bridgehead atoms. The van der Waals surface area contributed by atoms with E-state index in [-0.39, 0.29) is 11.5 Å². The number of nitrogens with zero attached hydrogens (tertiary/aromatic N) is 3. The van der Waals surface area contributed by atoms with Gasteiger partial charge in [-0.15, -0.1) is 0 Å². The molecule has 1 fully saturated rings. The number of carbonyl (C=O) groups is 1. The quantitative estimate of drug-likeness (QED) is 0.793. The average Bonchev–Trinajstić information content (AvgIpc) is 2.74. The topological polar surface area (TPSA) is 54.8 Å². The van der Waals surface area contributed by atoms with Crippen molar-refractivity contribution in [2.75, 3.05) is 38.2 Å². The van der Waals surface area contributed by atoms with Gasteiger partial charge in [-0.25, -0.2) is 0 Å². The van der Waals surface area contributed by atoms with Crippen molar-refractivity contribution in [3.05, 3.63) is 57.0 Å². The highest BCUT2D eigenvalue weighted by Crippen LogP contribution is 2.27. The summed E-state index contributed by atoms with van der Waals surface area (Å²) in [6, 6.07) is 9.22. The van der Waals surface area contributed by atoms with E-state index in [4.69, 9.17) is 16.3 Å². The van der Waals surface area contributed by atoms with Crippen molar-refractivity contribution < 1.29 is 9.53 Å². The fraction of sp³-hybridized carbons (Fsp3) is 0.429. The van der Waals surface area contributed by atoms with E-state index in [1.165, 1.54) is 13.2 Å². The normalized spacial score (nSPS) is 16.6. The number of ether oxygens (including phenoxy) is 1. The summed E-state index contributed by atoms with van der Waals surface area (Å²) in [7, 11) is 1.52. The molecule has 0 aliphatic carbocycles. The van der Waals surface area contributed by atoms with Crippen LogP contribution in [0.15, 0.2) is 35.1 Å². The summed E-state index contributed by atoms with van der Waals surface area (Å²) in [5, 5.41) is 0.716. The second kappa shape index (κ2) is 7.87. The number of halogens is 1. The summed E-state index contributed by atoms with van der Waals surface area (Å²) in [5.41, 5.74) is 2.40. The SMILES string of the molecule is COc1cc(=O)n2c(c1C(=O)N1CCN(c3ccc(Cl)cc3)CC1)CCCC2. The minimum atomic E-state index is -0.0874. The molecule has 0 atom stereocenters. The van der Waals surface area contributed by atoms with Crippen LogP contribution < -0.4 is 15.2 Å². The van der Waals surface area contributed by atoms with Crippen LogP contribution in [0.3, 0.4) is 0 Å². The minimum absolute atomic E-state index is 0.0433. The van der Waals surface area contributed by atoms with Gasteiger partial charge in [0.25, 0.3) is 11.5 Å². The Balaban J connectivity index is 1.56. The van der Waals surface area contributed by atoms with E-state index in [9.17, 15) is 9.59 Å². The second-order valence-corrected chi connectivity index (χ2v) is 7.67. The van der Waals surface area contributed by atoms with Gasteiger partial charge in [-0.2, -0.15) is 0 Å². The molecule has 148 valence electrons. The molecule has 2 aromatic rings. The third kappa shape index (κ3) is 3.49. The van der Waals surface area contributed by atoms with Crippen molar-refractivity contribution in [2.45, 2.75) is 25.8 Å². The molecule has 1 aromatic heterocycles. The number of hydrogen-bond donors (Lipinski definition) is 0. The van der Waals surface area contributed by atoms with Crippen molar-refractivity contribution in [1.29, 1.82) is 0 Å². The maximum Gasteiger partial charge on any atom is 0.259 e. The number of piperazine rings is 1. The number of amides is 1. The van der Waals surface area contributed by atoms with E-state index in [0.717, 1.165) is 43.7 Å². The van der Waals surface area contributed by atoms with Gasteiger partial charge in [-0.1, -0.05) is 11.6 Å². The molecular weight excluding hydrogens is 378 g/mol. The molecule has 0 saturated carbocycles. The number of fused-ring (bicyclic) bond motifs is 1. The summed E-state index contributed by atoms with van der Waals surface area (Å²) in [6.45, 7) is 3.43. The molecule has 0 radical (unpaired) electrons. The number of carbonyl (C=O) groups excluding carboxylic acids is 1. The van der Waals surface area contributed by atoms with Crippen molar-refractivity contribution in [1.82, 2.24) is 9.47 Å². The molecule has 1 aromatic carbocycles. The van der Waals surface area contributed by atoms with Crippen LogP contribution >= 0.6 is 11.6 Å². The Hall–Kier alpha value is -2.47. The maximum atomic E-state index is 13.3. The van der Waals surface area contributed by atoms with E-state index >= 15 is 0 Å². The van der Waals surface area contributed by atoms with E-state index in [1.54, 1.807) is 4.57 Å². The highest BCUT2D eigenvalue weighted by atomic mass is 35.5. The lowest BCUT2D eigenvalue weighted by Gasteiger charge is -2.37. The summed E-state index contributed by atoms with van der Waals surface area (Å²) in [5.74, 6) is 0.349. The smallest absolute Gasteiger partial charge is 0.259 e. The summed E-state index contributed by atoms with van der Waals surface area (Å²) < 4.78 is 7.16. The lowest BCUT2D eigenvalue weighted by atomic mass is 10.0. The zero-order valence-corrected chi connectivity index (χ0v) is 16.7. The summed E-state index contributed by atoms with van der Waals surface area (Å²) in [6.07, 6.45) is 2.68. The van der Waals surface area contributed by atoms with Gasteiger partial charge in [0.2, 0.25) is 0 Å². The molecule has 1 amide bonds. The molecule has 28 heavy (non-hydrogen) atoms. The monoisotopic (exact) mass is 401 g/mol. The van der Waals surface area contributed by atoms with Gasteiger partial charge in [0.05, 0.1) is 7.11 Å². The first kappa shape index (κ1) is 18.9. The van der Waals surface area contributed by atoms with Crippen LogP contribution in [0, 0.1) is 0 Å². The summed E-state index contributed by atoms with van der Waals surface area (Å²) >= 11 is 5.97. The van der Waals surface area contributed by atoms with E-state index in [2.05, 4.69) is 4.90 Å². The van der Waals surface area contributed by atoms with Crippen LogP contribution in [0.1, 0.15) is 28.9 Å². The van der Waals surface area contributed by atoms with Crippen molar-refractivity contribution >= 4 is 23.2 Å². The van der Waals surface area contributed by atoms with Gasteiger partial charge < -0.3 is 19.1 Å². The van der Waals surface area contributed by atoms with Gasteiger partial charge in [0.15, 0.2) is 0 Å². The third-order valence-corrected chi connectivity index (χ3v) is 5.87. The molecule has 7 heteroatoms. The second-order valence-electron chi connectivity index (χ2n) is 7.24. The van der Waals surface area contributed by atoms with Gasteiger partial charge in [0, 0.05) is 55.2 Å². The van der Waals surface area contributed by atoms with Gasteiger partial charge in [-0.05, 0) is 43.5 Å². The van der Waals surface area contributed by atoms with Gasteiger partial charge >= 0.3 is 0 Å². The fourth-order valence-electron chi connectivity index (χ4n) is 4.11. The Labute approximate surface area is 169 Å². The molecule has 0 N–H and O–H groups in total. The largest absolute Gasteiger partial charge is 0.496 e. The van der Waals surface area contributed by atoms with E-state index in [0.29, 0.717) is 36.0 Å². The number of aromatic nitrogens is 1. The molecule has 3 heterocycles. The summed E-state index contributed by atoms with van der Waals surface area (Å²) in [4.78, 5) is 29.8. The highest BCUT2D eigenvalue weighted by molar-refractivity contribution is 6.30.